The Bertz CT molecular complexity index is 691. The van der Waals surface area contributed by atoms with Crippen molar-refractivity contribution < 1.29 is 19.1 Å². The zero-order chi connectivity index (χ0) is 20.7. The van der Waals surface area contributed by atoms with Gasteiger partial charge in [-0.3, -0.25) is 19.2 Å². The summed E-state index contributed by atoms with van der Waals surface area (Å²) in [6.45, 7) is 8.04. The van der Waals surface area contributed by atoms with Gasteiger partial charge in [0.1, 0.15) is 0 Å². The maximum absolute atomic E-state index is 12.3. The number of hydrogen-bond acceptors (Lipinski definition) is 6. The van der Waals surface area contributed by atoms with Crippen LogP contribution in [0.25, 0.3) is 0 Å². The van der Waals surface area contributed by atoms with Crippen LogP contribution in [0.1, 0.15) is 49.9 Å². The number of nitrogens with one attached hydrogen (secondary N) is 1. The number of amides is 1. The van der Waals surface area contributed by atoms with Gasteiger partial charge in [-0.25, -0.2) is 0 Å². The van der Waals surface area contributed by atoms with Crippen LogP contribution in [0.15, 0.2) is 6.07 Å². The van der Waals surface area contributed by atoms with Gasteiger partial charge in [0.25, 0.3) is 5.91 Å². The van der Waals surface area contributed by atoms with E-state index in [1.165, 1.54) is 19.3 Å². The van der Waals surface area contributed by atoms with E-state index in [9.17, 15) is 9.59 Å². The molecule has 0 spiro atoms. The first-order valence-electron chi connectivity index (χ1n) is 10.7. The van der Waals surface area contributed by atoms with Crippen LogP contribution >= 0.6 is 0 Å². The maximum atomic E-state index is 12.3. The summed E-state index contributed by atoms with van der Waals surface area (Å²) in [6, 6.07) is 1.97. The Labute approximate surface area is 172 Å². The molecule has 0 atom stereocenters. The van der Waals surface area contributed by atoms with E-state index in [1.54, 1.807) is 4.68 Å². The number of morpholine rings is 1. The molecule has 29 heavy (non-hydrogen) atoms. The third-order valence-corrected chi connectivity index (χ3v) is 6.08. The number of hydrogen-bond donors (Lipinski definition) is 1. The lowest BCUT2D eigenvalue weighted by Gasteiger charge is -2.48. The molecule has 1 aromatic rings. The Morgan fingerprint density at radius 2 is 1.93 bits per heavy atom. The molecule has 1 N–H and O–H groups in total. The van der Waals surface area contributed by atoms with Crippen molar-refractivity contribution in [2.24, 2.45) is 0 Å². The van der Waals surface area contributed by atoms with Crippen molar-refractivity contribution >= 4 is 11.9 Å². The smallest absolute Gasteiger partial charge is 0.308 e. The summed E-state index contributed by atoms with van der Waals surface area (Å²) in [5, 5.41) is 7.34. The van der Waals surface area contributed by atoms with Crippen LogP contribution in [0.4, 0.5) is 0 Å². The molecule has 8 nitrogen and oxygen atoms in total. The second-order valence-corrected chi connectivity index (χ2v) is 8.22. The molecule has 0 radical (unpaired) electrons. The Morgan fingerprint density at radius 3 is 2.59 bits per heavy atom. The van der Waals surface area contributed by atoms with Gasteiger partial charge < -0.3 is 14.8 Å². The quantitative estimate of drug-likeness (QED) is 0.660. The van der Waals surface area contributed by atoms with Crippen LogP contribution in [0.2, 0.25) is 0 Å². The first-order chi connectivity index (χ1) is 14.0. The fourth-order valence-electron chi connectivity index (χ4n) is 4.48. The van der Waals surface area contributed by atoms with E-state index in [-0.39, 0.29) is 30.4 Å². The predicted octanol–water partition coefficient (Wildman–Crippen LogP) is 1.58. The van der Waals surface area contributed by atoms with Crippen molar-refractivity contribution in [2.75, 3.05) is 39.5 Å². The maximum Gasteiger partial charge on any atom is 0.308 e. The number of rotatable bonds is 8. The number of carbonyl (C=O) groups excluding carboxylic acids is 2. The lowest BCUT2D eigenvalue weighted by Crippen LogP contribution is -2.59. The standard InChI is InChI=1S/C21H34N4O4/c1-17-14-18(2)25(23-17)9-6-20(27)29-15-19(26)22-16-21(7-4-3-5-8-21)24-10-12-28-13-11-24/h14H,3-13,15-16H2,1-2H3,(H,22,26). The zero-order valence-electron chi connectivity index (χ0n) is 17.7. The molecule has 162 valence electrons. The van der Waals surface area contributed by atoms with Gasteiger partial charge in [-0.2, -0.15) is 5.10 Å². The monoisotopic (exact) mass is 406 g/mol. The van der Waals surface area contributed by atoms with Crippen LogP contribution in [-0.2, 0) is 25.6 Å². The van der Waals surface area contributed by atoms with Crippen LogP contribution in [0.3, 0.4) is 0 Å². The predicted molar refractivity (Wildman–Crippen MR) is 108 cm³/mol. The first-order valence-corrected chi connectivity index (χ1v) is 10.7. The average molecular weight is 407 g/mol. The van der Waals surface area contributed by atoms with Gasteiger partial charge in [-0.1, -0.05) is 19.3 Å². The van der Waals surface area contributed by atoms with E-state index in [1.807, 2.05) is 19.9 Å². The third kappa shape index (κ3) is 6.02. The summed E-state index contributed by atoms with van der Waals surface area (Å²) < 4.78 is 12.4. The van der Waals surface area contributed by atoms with E-state index in [2.05, 4.69) is 15.3 Å². The molecular formula is C21H34N4O4. The lowest BCUT2D eigenvalue weighted by molar-refractivity contribution is -0.149. The van der Waals surface area contributed by atoms with Gasteiger partial charge in [0.2, 0.25) is 0 Å². The Balaban J connectivity index is 1.41. The first kappa shape index (κ1) is 21.8. The molecule has 1 aliphatic carbocycles. The lowest BCUT2D eigenvalue weighted by atomic mass is 9.79. The molecule has 8 heteroatoms. The Hall–Kier alpha value is -1.93. The molecule has 0 bridgehead atoms. The number of esters is 1. The Kier molecular flexibility index (Phi) is 7.66. The molecule has 3 rings (SSSR count). The van der Waals surface area contributed by atoms with Crippen LogP contribution < -0.4 is 5.32 Å². The third-order valence-electron chi connectivity index (χ3n) is 6.08. The molecule has 1 saturated heterocycles. The molecule has 2 heterocycles. The van der Waals surface area contributed by atoms with Crippen molar-refractivity contribution in [3.05, 3.63) is 17.5 Å². The summed E-state index contributed by atoms with van der Waals surface area (Å²) in [5.74, 6) is -0.615. The van der Waals surface area contributed by atoms with E-state index < -0.39 is 0 Å². The van der Waals surface area contributed by atoms with Crippen molar-refractivity contribution in [3.8, 4) is 0 Å². The van der Waals surface area contributed by atoms with Gasteiger partial charge in [-0.05, 0) is 32.8 Å². The largest absolute Gasteiger partial charge is 0.456 e. The zero-order valence-corrected chi connectivity index (χ0v) is 17.7. The number of aromatic nitrogens is 2. The van der Waals surface area contributed by atoms with E-state index in [0.29, 0.717) is 13.1 Å². The van der Waals surface area contributed by atoms with Gasteiger partial charge in [0, 0.05) is 30.9 Å². The van der Waals surface area contributed by atoms with Crippen molar-refractivity contribution in [2.45, 2.75) is 64.5 Å². The molecule has 1 amide bonds. The van der Waals surface area contributed by atoms with Gasteiger partial charge in [0.05, 0.1) is 31.9 Å². The van der Waals surface area contributed by atoms with Crippen LogP contribution in [0.5, 0.6) is 0 Å². The van der Waals surface area contributed by atoms with Gasteiger partial charge >= 0.3 is 5.97 Å². The minimum atomic E-state index is -0.381. The summed E-state index contributed by atoms with van der Waals surface area (Å²) in [7, 11) is 0. The highest BCUT2D eigenvalue weighted by atomic mass is 16.5. The van der Waals surface area contributed by atoms with E-state index in [0.717, 1.165) is 50.5 Å². The fraction of sp³-hybridized carbons (Fsp3) is 0.762. The molecule has 2 aliphatic rings. The molecule has 1 saturated carbocycles. The minimum Gasteiger partial charge on any atom is -0.456 e. The number of ether oxygens (including phenoxy) is 2. The van der Waals surface area contributed by atoms with Gasteiger partial charge in [-0.15, -0.1) is 0 Å². The normalized spacial score (nSPS) is 19.7. The second kappa shape index (κ2) is 10.2. The summed E-state index contributed by atoms with van der Waals surface area (Å²) in [4.78, 5) is 26.8. The van der Waals surface area contributed by atoms with E-state index >= 15 is 0 Å². The van der Waals surface area contributed by atoms with Crippen molar-refractivity contribution in [3.63, 3.8) is 0 Å². The molecule has 1 aromatic heterocycles. The topological polar surface area (TPSA) is 85.7 Å². The van der Waals surface area contributed by atoms with Gasteiger partial charge in [0.15, 0.2) is 6.61 Å². The van der Waals surface area contributed by atoms with Crippen molar-refractivity contribution in [1.29, 1.82) is 0 Å². The molecule has 1 aliphatic heterocycles. The SMILES string of the molecule is Cc1cc(C)n(CCC(=O)OCC(=O)NCC2(N3CCOCC3)CCCCC2)n1. The summed E-state index contributed by atoms with van der Waals surface area (Å²) >= 11 is 0. The average Bonchev–Trinajstić information content (AvgIpc) is 3.07. The highest BCUT2D eigenvalue weighted by molar-refractivity contribution is 5.80. The van der Waals surface area contributed by atoms with Crippen LogP contribution in [0, 0.1) is 13.8 Å². The number of carbonyl (C=O) groups is 2. The summed E-state index contributed by atoms with van der Waals surface area (Å²) in [5.41, 5.74) is 1.94. The second-order valence-electron chi connectivity index (χ2n) is 8.22. The Morgan fingerprint density at radius 1 is 1.21 bits per heavy atom. The molecule has 0 aromatic carbocycles. The number of aryl methyl sites for hydroxylation is 3. The summed E-state index contributed by atoms with van der Waals surface area (Å²) in [6.07, 6.45) is 6.02. The molecule has 2 fully saturated rings. The van der Waals surface area contributed by atoms with E-state index in [4.69, 9.17) is 9.47 Å². The van der Waals surface area contributed by atoms with Crippen LogP contribution in [-0.4, -0.2) is 71.6 Å². The fourth-order valence-corrected chi connectivity index (χ4v) is 4.48. The van der Waals surface area contributed by atoms with Crippen molar-refractivity contribution in [1.82, 2.24) is 20.0 Å². The molecule has 0 unspecified atom stereocenters. The number of nitrogens with zero attached hydrogens (tertiary/aromatic N) is 3. The molecular weight excluding hydrogens is 372 g/mol. The minimum absolute atomic E-state index is 0.0111. The highest BCUT2D eigenvalue weighted by Gasteiger charge is 2.38. The highest BCUT2D eigenvalue weighted by Crippen LogP contribution is 2.33.